The lowest BCUT2D eigenvalue weighted by Crippen LogP contribution is -2.46. The Labute approximate surface area is 253 Å². The highest BCUT2D eigenvalue weighted by molar-refractivity contribution is 5.95. The predicted molar refractivity (Wildman–Crippen MR) is 164 cm³/mol. The van der Waals surface area contributed by atoms with Crippen LogP contribution < -0.4 is 32.7 Å². The molecule has 43 heavy (non-hydrogen) atoms. The number of primary amides is 1. The van der Waals surface area contributed by atoms with Crippen molar-refractivity contribution in [2.24, 2.45) is 17.4 Å². The van der Waals surface area contributed by atoms with Crippen molar-refractivity contribution in [2.45, 2.75) is 74.1 Å². The highest BCUT2D eigenvalue weighted by Gasteiger charge is 2.17. The lowest BCUT2D eigenvalue weighted by Gasteiger charge is -2.15. The first-order chi connectivity index (χ1) is 20.2. The van der Waals surface area contributed by atoms with Gasteiger partial charge in [0.2, 0.25) is 11.8 Å². The Morgan fingerprint density at radius 1 is 0.977 bits per heavy atom. The first-order valence-electron chi connectivity index (χ1n) is 13.9. The molecule has 2 aromatic rings. The van der Waals surface area contributed by atoms with Crippen LogP contribution in [-0.4, -0.2) is 54.1 Å². The van der Waals surface area contributed by atoms with Gasteiger partial charge in [0.15, 0.2) is 0 Å². The van der Waals surface area contributed by atoms with E-state index in [4.69, 9.17) is 30.5 Å². The minimum absolute atomic E-state index is 0.0146. The number of rotatable bonds is 11. The molecular formula is C29H48N6O8. The number of aliphatic carboxylic acids is 1. The first-order valence-corrected chi connectivity index (χ1v) is 13.9. The van der Waals surface area contributed by atoms with Crippen LogP contribution in [0, 0.1) is 12.8 Å². The molecular weight excluding hydrogens is 560 g/mol. The Bertz CT molecular complexity index is 1100. The van der Waals surface area contributed by atoms with E-state index in [1.165, 1.54) is 0 Å². The fourth-order valence-corrected chi connectivity index (χ4v) is 2.67. The Kier molecular flexibility index (Phi) is 22.7. The van der Waals surface area contributed by atoms with Crippen LogP contribution in [0.15, 0.2) is 40.8 Å². The van der Waals surface area contributed by atoms with Gasteiger partial charge in [0, 0.05) is 19.2 Å². The van der Waals surface area contributed by atoms with Crippen molar-refractivity contribution in [1.29, 1.82) is 0 Å². The Morgan fingerprint density at radius 2 is 1.56 bits per heavy atom. The molecule has 0 aliphatic heterocycles. The van der Waals surface area contributed by atoms with E-state index in [0.717, 1.165) is 24.7 Å². The lowest BCUT2D eigenvalue weighted by molar-refractivity contribution is -0.134. The third-order valence-electron chi connectivity index (χ3n) is 4.80. The zero-order chi connectivity index (χ0) is 33.4. The van der Waals surface area contributed by atoms with E-state index in [1.54, 1.807) is 30.3 Å². The number of urea groups is 1. The average Bonchev–Trinajstić information content (AvgIpc) is 3.38. The van der Waals surface area contributed by atoms with E-state index in [0.29, 0.717) is 18.0 Å². The van der Waals surface area contributed by atoms with Crippen molar-refractivity contribution in [1.82, 2.24) is 16.0 Å². The number of hydrogen-bond donors (Lipinski definition) is 7. The van der Waals surface area contributed by atoms with E-state index in [2.05, 4.69) is 21.3 Å². The number of anilines is 1. The predicted octanol–water partition coefficient (Wildman–Crippen LogP) is 3.23. The molecule has 1 unspecified atom stereocenters. The Hall–Kier alpha value is -4.59. The first kappa shape index (κ1) is 40.5. The molecule has 9 N–H and O–H groups in total. The number of furan rings is 1. The molecule has 0 saturated carbocycles. The SMILES string of the molecule is CC.CC(=O)O.CCCNC(N)=O.Cc1ccc(CNC(=O)OCc2ccc(NC(=O)CNC(=O)C(N)C(C)C)cc2)o1. The molecule has 1 aromatic heterocycles. The van der Waals surface area contributed by atoms with E-state index in [-0.39, 0.29) is 37.4 Å². The molecule has 14 nitrogen and oxygen atoms in total. The number of carbonyl (C=O) groups excluding carboxylic acids is 4. The number of carboxylic acid groups (broad SMARTS) is 1. The molecule has 1 atom stereocenters. The van der Waals surface area contributed by atoms with Crippen LogP contribution in [0.25, 0.3) is 0 Å². The molecule has 0 spiro atoms. The summed E-state index contributed by atoms with van der Waals surface area (Å²) in [4.78, 5) is 54.3. The molecule has 0 aliphatic carbocycles. The van der Waals surface area contributed by atoms with Gasteiger partial charge in [0.05, 0.1) is 19.1 Å². The van der Waals surface area contributed by atoms with Crippen molar-refractivity contribution >= 4 is 35.6 Å². The van der Waals surface area contributed by atoms with E-state index in [9.17, 15) is 19.2 Å². The number of alkyl carbamates (subject to hydrolysis) is 1. The maximum absolute atomic E-state index is 11.9. The molecule has 14 heteroatoms. The summed E-state index contributed by atoms with van der Waals surface area (Å²) in [6.45, 7) is 13.4. The molecule has 0 aliphatic rings. The normalized spacial score (nSPS) is 10.2. The van der Waals surface area contributed by atoms with Gasteiger partial charge in [-0.15, -0.1) is 0 Å². The van der Waals surface area contributed by atoms with Crippen molar-refractivity contribution in [3.63, 3.8) is 0 Å². The average molecular weight is 609 g/mol. The Morgan fingerprint density at radius 3 is 2.00 bits per heavy atom. The molecule has 2 rings (SSSR count). The molecule has 0 saturated heterocycles. The van der Waals surface area contributed by atoms with Crippen molar-refractivity contribution in [2.75, 3.05) is 18.4 Å². The summed E-state index contributed by atoms with van der Waals surface area (Å²) in [5, 5.41) is 17.6. The van der Waals surface area contributed by atoms with Crippen LogP contribution in [0.4, 0.5) is 15.3 Å². The van der Waals surface area contributed by atoms with Gasteiger partial charge in [0.1, 0.15) is 18.1 Å². The fourth-order valence-electron chi connectivity index (χ4n) is 2.67. The standard InChI is InChI=1S/C21H28N4O5.C4H10N2O.C2H4O2.C2H6/c1-13(2)19(22)20(27)23-11-18(26)25-16-7-5-15(6-8-16)12-29-21(28)24-10-17-9-4-14(3)30-17;1-2-3-6-4(5)7;1-2(3)4;1-2/h4-9,13,19H,10-12,22H2,1-3H3,(H,23,27)(H,24,28)(H,25,26);2-3H2,1H3,(H3,5,6,7);1H3,(H,3,4);1-2H3. The third-order valence-corrected chi connectivity index (χ3v) is 4.80. The number of nitrogens with one attached hydrogen (secondary N) is 4. The number of amides is 5. The molecule has 242 valence electrons. The van der Waals surface area contributed by atoms with E-state index >= 15 is 0 Å². The topological polar surface area (TPSA) is 228 Å². The second-order valence-electron chi connectivity index (χ2n) is 8.98. The number of hydrogen-bond acceptors (Lipinski definition) is 8. The summed E-state index contributed by atoms with van der Waals surface area (Å²) in [5.41, 5.74) is 11.8. The molecule has 5 amide bonds. The van der Waals surface area contributed by atoms with Crippen molar-refractivity contribution < 1.29 is 38.2 Å². The second kappa shape index (κ2) is 24.1. The highest BCUT2D eigenvalue weighted by atomic mass is 16.5. The quantitative estimate of drug-likeness (QED) is 0.198. The van der Waals surface area contributed by atoms with Gasteiger partial charge >= 0.3 is 12.1 Å². The van der Waals surface area contributed by atoms with Crippen LogP contribution in [0.5, 0.6) is 0 Å². The van der Waals surface area contributed by atoms with Gasteiger partial charge in [-0.05, 0) is 49.1 Å². The van der Waals surface area contributed by atoms with Gasteiger partial charge in [-0.25, -0.2) is 9.59 Å². The van der Waals surface area contributed by atoms with Crippen molar-refractivity contribution in [3.8, 4) is 0 Å². The molecule has 0 bridgehead atoms. The van der Waals surface area contributed by atoms with Crippen LogP contribution in [0.1, 0.15) is 65.0 Å². The summed E-state index contributed by atoms with van der Waals surface area (Å²) < 4.78 is 10.5. The summed E-state index contributed by atoms with van der Waals surface area (Å²) in [7, 11) is 0. The molecule has 0 fully saturated rings. The summed E-state index contributed by atoms with van der Waals surface area (Å²) in [6.07, 6.45) is 0.375. The molecule has 1 heterocycles. The zero-order valence-electron chi connectivity index (χ0n) is 26.1. The van der Waals surface area contributed by atoms with Crippen LogP contribution in [0.3, 0.4) is 0 Å². The number of benzene rings is 1. The van der Waals surface area contributed by atoms with E-state index in [1.807, 2.05) is 47.6 Å². The van der Waals surface area contributed by atoms with Gasteiger partial charge in [-0.1, -0.05) is 46.8 Å². The lowest BCUT2D eigenvalue weighted by atomic mass is 10.1. The van der Waals surface area contributed by atoms with Gasteiger partial charge < -0.3 is 47.0 Å². The summed E-state index contributed by atoms with van der Waals surface area (Å²) in [5.74, 6) is -0.163. The highest BCUT2D eigenvalue weighted by Crippen LogP contribution is 2.11. The fraction of sp³-hybridized carbons (Fsp3) is 0.483. The minimum Gasteiger partial charge on any atom is -0.481 e. The smallest absolute Gasteiger partial charge is 0.407 e. The number of carboxylic acids is 1. The van der Waals surface area contributed by atoms with Crippen molar-refractivity contribution in [3.05, 3.63) is 53.5 Å². The summed E-state index contributed by atoms with van der Waals surface area (Å²) >= 11 is 0. The Balaban J connectivity index is 0. The maximum Gasteiger partial charge on any atom is 0.407 e. The van der Waals surface area contributed by atoms with Gasteiger partial charge in [0.25, 0.3) is 5.97 Å². The monoisotopic (exact) mass is 608 g/mol. The summed E-state index contributed by atoms with van der Waals surface area (Å²) in [6, 6.07) is 9.32. The minimum atomic E-state index is -0.833. The maximum atomic E-state index is 11.9. The molecule has 0 radical (unpaired) electrons. The third kappa shape index (κ3) is 22.7. The number of aryl methyl sites for hydroxylation is 1. The van der Waals surface area contributed by atoms with E-state index < -0.39 is 24.1 Å². The number of carbonyl (C=O) groups is 5. The number of ether oxygens (including phenoxy) is 1. The van der Waals surface area contributed by atoms with Gasteiger partial charge in [-0.3, -0.25) is 14.4 Å². The second-order valence-corrected chi connectivity index (χ2v) is 8.98. The van der Waals surface area contributed by atoms with Crippen LogP contribution >= 0.6 is 0 Å². The van der Waals surface area contributed by atoms with Crippen LogP contribution in [-0.2, 0) is 32.3 Å². The largest absolute Gasteiger partial charge is 0.481 e. The zero-order valence-corrected chi connectivity index (χ0v) is 26.1. The van der Waals surface area contributed by atoms with Crippen LogP contribution in [0.2, 0.25) is 0 Å². The van der Waals surface area contributed by atoms with Gasteiger partial charge in [-0.2, -0.15) is 0 Å². The number of nitrogens with two attached hydrogens (primary N) is 2. The molecule has 1 aromatic carbocycles.